The molecule has 0 fully saturated rings. The molecule has 0 aliphatic heterocycles. The molecule has 0 aromatic heterocycles. The first-order valence-electron chi connectivity index (χ1n) is 10.5. The largest absolute Gasteiger partial charge is 0.496 e. The lowest BCUT2D eigenvalue weighted by molar-refractivity contribution is -0.123. The number of amides is 1. The van der Waals surface area contributed by atoms with Gasteiger partial charge in [0.05, 0.1) is 18.0 Å². The van der Waals surface area contributed by atoms with Crippen LogP contribution in [0.15, 0.2) is 83.8 Å². The van der Waals surface area contributed by atoms with Gasteiger partial charge in [0.15, 0.2) is 6.61 Å². The second-order valence-corrected chi connectivity index (χ2v) is 9.26. The highest BCUT2D eigenvalue weighted by Gasteiger charge is 2.19. The molecule has 0 saturated carbocycles. The van der Waals surface area contributed by atoms with Crippen LogP contribution in [0.4, 0.5) is 0 Å². The van der Waals surface area contributed by atoms with Gasteiger partial charge in [-0.05, 0) is 49.7 Å². The van der Waals surface area contributed by atoms with Gasteiger partial charge in [-0.3, -0.25) is 4.79 Å². The van der Waals surface area contributed by atoms with Crippen LogP contribution in [0.1, 0.15) is 37.1 Å². The SMILES string of the molecule is COc1ccccc1[C@H](C)NC(=O)COc1ccc(S(=O)(=O)N[C@@H](C)c2ccccc2)cc1. The minimum atomic E-state index is -3.71. The molecule has 0 heterocycles. The Morgan fingerprint density at radius 3 is 2.18 bits per heavy atom. The van der Waals surface area contributed by atoms with Crippen LogP contribution in [-0.4, -0.2) is 28.0 Å². The van der Waals surface area contributed by atoms with E-state index in [9.17, 15) is 13.2 Å². The third-order valence-corrected chi connectivity index (χ3v) is 6.68. The first-order valence-corrected chi connectivity index (χ1v) is 12.0. The normalized spacial score (nSPS) is 13.1. The molecule has 0 spiro atoms. The van der Waals surface area contributed by atoms with E-state index in [-0.39, 0.29) is 29.5 Å². The summed E-state index contributed by atoms with van der Waals surface area (Å²) in [6, 6.07) is 22.1. The Hall–Kier alpha value is -3.36. The maximum Gasteiger partial charge on any atom is 0.258 e. The molecule has 33 heavy (non-hydrogen) atoms. The minimum absolute atomic E-state index is 0.117. The first-order chi connectivity index (χ1) is 15.8. The lowest BCUT2D eigenvalue weighted by Crippen LogP contribution is -2.31. The molecule has 3 aromatic rings. The average molecular weight is 469 g/mol. The number of benzene rings is 3. The van der Waals surface area contributed by atoms with Gasteiger partial charge >= 0.3 is 0 Å². The second kappa shape index (κ2) is 11.0. The number of carbonyl (C=O) groups is 1. The van der Waals surface area contributed by atoms with E-state index in [4.69, 9.17) is 9.47 Å². The van der Waals surface area contributed by atoms with Crippen molar-refractivity contribution in [2.45, 2.75) is 30.8 Å². The molecule has 8 heteroatoms. The number of nitrogens with one attached hydrogen (secondary N) is 2. The number of ether oxygens (including phenoxy) is 2. The van der Waals surface area contributed by atoms with E-state index in [1.54, 1.807) is 14.0 Å². The highest BCUT2D eigenvalue weighted by atomic mass is 32.2. The molecule has 174 valence electrons. The van der Waals surface area contributed by atoms with Gasteiger partial charge in [-0.1, -0.05) is 48.5 Å². The Balaban J connectivity index is 1.55. The van der Waals surface area contributed by atoms with Crippen molar-refractivity contribution in [2.24, 2.45) is 0 Å². The summed E-state index contributed by atoms with van der Waals surface area (Å²) < 4.78 is 38.9. The monoisotopic (exact) mass is 468 g/mol. The number of sulfonamides is 1. The molecule has 3 aromatic carbocycles. The lowest BCUT2D eigenvalue weighted by atomic mass is 10.1. The summed E-state index contributed by atoms with van der Waals surface area (Å²) in [5, 5.41) is 2.86. The fraction of sp³-hybridized carbons (Fsp3) is 0.240. The predicted molar refractivity (Wildman–Crippen MR) is 127 cm³/mol. The summed E-state index contributed by atoms with van der Waals surface area (Å²) in [4.78, 5) is 12.4. The topological polar surface area (TPSA) is 93.7 Å². The summed E-state index contributed by atoms with van der Waals surface area (Å²) in [5.74, 6) is 0.784. The maximum atomic E-state index is 12.7. The number of carbonyl (C=O) groups excluding carboxylic acids is 1. The van der Waals surface area contributed by atoms with Crippen LogP contribution in [0.5, 0.6) is 11.5 Å². The summed E-state index contributed by atoms with van der Waals surface area (Å²) in [5.41, 5.74) is 1.73. The van der Waals surface area contributed by atoms with Gasteiger partial charge in [-0.2, -0.15) is 0 Å². The number of para-hydroxylation sites is 1. The van der Waals surface area contributed by atoms with Gasteiger partial charge in [-0.25, -0.2) is 13.1 Å². The van der Waals surface area contributed by atoms with E-state index in [0.29, 0.717) is 11.5 Å². The van der Waals surface area contributed by atoms with E-state index in [1.165, 1.54) is 24.3 Å². The molecule has 0 bridgehead atoms. The smallest absolute Gasteiger partial charge is 0.258 e. The summed E-state index contributed by atoms with van der Waals surface area (Å²) in [6.07, 6.45) is 0. The number of hydrogen-bond acceptors (Lipinski definition) is 5. The van der Waals surface area contributed by atoms with Gasteiger partial charge in [0.2, 0.25) is 10.0 Å². The molecule has 2 atom stereocenters. The van der Waals surface area contributed by atoms with Crippen molar-refractivity contribution in [1.82, 2.24) is 10.0 Å². The van der Waals surface area contributed by atoms with E-state index in [1.807, 2.05) is 61.5 Å². The lowest BCUT2D eigenvalue weighted by Gasteiger charge is -2.17. The molecule has 1 amide bonds. The third kappa shape index (κ3) is 6.57. The van der Waals surface area contributed by atoms with Crippen molar-refractivity contribution in [1.29, 1.82) is 0 Å². The molecule has 0 saturated heterocycles. The maximum absolute atomic E-state index is 12.7. The van der Waals surface area contributed by atoms with Crippen molar-refractivity contribution >= 4 is 15.9 Å². The molecule has 0 aliphatic rings. The van der Waals surface area contributed by atoms with E-state index >= 15 is 0 Å². The Labute approximate surface area is 194 Å². The molecule has 2 N–H and O–H groups in total. The Morgan fingerprint density at radius 1 is 0.879 bits per heavy atom. The van der Waals surface area contributed by atoms with E-state index in [2.05, 4.69) is 10.0 Å². The van der Waals surface area contributed by atoms with Gasteiger partial charge in [0, 0.05) is 11.6 Å². The van der Waals surface area contributed by atoms with Crippen LogP contribution in [0.3, 0.4) is 0 Å². The standard InChI is InChI=1S/C25H28N2O5S/c1-18(20-9-5-4-6-10-20)27-33(29,30)22-15-13-21(14-16-22)32-17-25(28)26-19(2)23-11-7-8-12-24(23)31-3/h4-16,18-19,27H,17H2,1-3H3,(H,26,28)/t18-,19-/m0/s1. The van der Waals surface area contributed by atoms with Crippen molar-refractivity contribution < 1.29 is 22.7 Å². The zero-order valence-electron chi connectivity index (χ0n) is 18.8. The third-order valence-electron chi connectivity index (χ3n) is 5.12. The van der Waals surface area contributed by atoms with Crippen LogP contribution in [0.2, 0.25) is 0 Å². The Kier molecular flexibility index (Phi) is 8.08. The van der Waals surface area contributed by atoms with Crippen LogP contribution in [0.25, 0.3) is 0 Å². The van der Waals surface area contributed by atoms with Crippen molar-refractivity contribution in [3.63, 3.8) is 0 Å². The molecule has 0 aliphatic carbocycles. The van der Waals surface area contributed by atoms with Crippen molar-refractivity contribution in [2.75, 3.05) is 13.7 Å². The van der Waals surface area contributed by atoms with Crippen LogP contribution < -0.4 is 19.5 Å². The molecular formula is C25H28N2O5S. The zero-order valence-corrected chi connectivity index (χ0v) is 19.6. The summed E-state index contributed by atoms with van der Waals surface area (Å²) >= 11 is 0. The van der Waals surface area contributed by atoms with Gasteiger partial charge in [0.25, 0.3) is 5.91 Å². The van der Waals surface area contributed by atoms with Crippen molar-refractivity contribution in [3.05, 3.63) is 90.0 Å². The predicted octanol–water partition coefficient (Wildman–Crippen LogP) is 3.99. The highest BCUT2D eigenvalue weighted by Crippen LogP contribution is 2.24. The number of rotatable bonds is 10. The molecule has 0 unspecified atom stereocenters. The van der Waals surface area contributed by atoms with Crippen LogP contribution in [-0.2, 0) is 14.8 Å². The van der Waals surface area contributed by atoms with Crippen molar-refractivity contribution in [3.8, 4) is 11.5 Å². The fourth-order valence-corrected chi connectivity index (χ4v) is 4.59. The molecule has 3 rings (SSSR count). The fourth-order valence-electron chi connectivity index (χ4n) is 3.36. The van der Waals surface area contributed by atoms with E-state index < -0.39 is 10.0 Å². The quantitative estimate of drug-likeness (QED) is 0.469. The summed E-state index contributed by atoms with van der Waals surface area (Å²) in [6.45, 7) is 3.45. The number of methoxy groups -OCH3 is 1. The average Bonchev–Trinajstić information content (AvgIpc) is 2.83. The Morgan fingerprint density at radius 2 is 1.52 bits per heavy atom. The van der Waals surface area contributed by atoms with Crippen LogP contribution in [0, 0.1) is 0 Å². The molecular weight excluding hydrogens is 440 g/mol. The second-order valence-electron chi connectivity index (χ2n) is 7.54. The number of hydrogen-bond donors (Lipinski definition) is 2. The first kappa shape index (κ1) is 24.3. The van der Waals surface area contributed by atoms with Gasteiger partial charge < -0.3 is 14.8 Å². The Bertz CT molecular complexity index is 1160. The zero-order chi connectivity index (χ0) is 23.8. The summed E-state index contributed by atoms with van der Waals surface area (Å²) in [7, 11) is -2.12. The molecule has 0 radical (unpaired) electrons. The van der Waals surface area contributed by atoms with E-state index in [0.717, 1.165) is 11.1 Å². The van der Waals surface area contributed by atoms with Gasteiger partial charge in [-0.15, -0.1) is 0 Å². The highest BCUT2D eigenvalue weighted by molar-refractivity contribution is 7.89. The van der Waals surface area contributed by atoms with Crippen LogP contribution >= 0.6 is 0 Å². The minimum Gasteiger partial charge on any atom is -0.496 e. The van der Waals surface area contributed by atoms with Gasteiger partial charge in [0.1, 0.15) is 11.5 Å². The molecule has 7 nitrogen and oxygen atoms in total.